The maximum atomic E-state index is 6.03. The van der Waals surface area contributed by atoms with Crippen molar-refractivity contribution in [2.75, 3.05) is 20.1 Å². The minimum Gasteiger partial charge on any atom is -0.463 e. The maximum Gasteiger partial charge on any atom is 0.120 e. The normalized spacial score (nSPS) is 16.5. The number of nitrogens with zero attached hydrogens (tertiary/aromatic N) is 1. The zero-order valence-corrected chi connectivity index (χ0v) is 14.2. The fraction of sp³-hybridized carbons (Fsp3) is 0.778. The van der Waals surface area contributed by atoms with Crippen LogP contribution in [0, 0.1) is 18.8 Å². The van der Waals surface area contributed by atoms with Crippen LogP contribution in [0.2, 0.25) is 0 Å². The van der Waals surface area contributed by atoms with E-state index in [1.165, 1.54) is 37.8 Å². The molecular formula is C18H32N2O. The van der Waals surface area contributed by atoms with E-state index in [4.69, 9.17) is 4.42 Å². The molecule has 21 heavy (non-hydrogen) atoms. The summed E-state index contributed by atoms with van der Waals surface area (Å²) < 4.78 is 6.03. The Kier molecular flexibility index (Phi) is 6.31. The number of hydrogen-bond acceptors (Lipinski definition) is 3. The van der Waals surface area contributed by atoms with E-state index in [0.29, 0.717) is 5.92 Å². The molecular weight excluding hydrogens is 260 g/mol. The Morgan fingerprint density at radius 2 is 2.05 bits per heavy atom. The van der Waals surface area contributed by atoms with Crippen LogP contribution in [-0.2, 0) is 13.1 Å². The first kappa shape index (κ1) is 16.6. The van der Waals surface area contributed by atoms with Gasteiger partial charge in [0, 0.05) is 6.54 Å². The lowest BCUT2D eigenvalue weighted by Crippen LogP contribution is -2.23. The lowest BCUT2D eigenvalue weighted by molar-refractivity contribution is 0.248. The predicted molar refractivity (Wildman–Crippen MR) is 88.3 cm³/mol. The van der Waals surface area contributed by atoms with Crippen LogP contribution in [0.5, 0.6) is 0 Å². The van der Waals surface area contributed by atoms with Crippen molar-refractivity contribution in [2.24, 2.45) is 11.8 Å². The average molecular weight is 292 g/mol. The fourth-order valence-electron chi connectivity index (χ4n) is 3.28. The molecule has 1 saturated carbocycles. The Labute approximate surface area is 130 Å². The number of nitrogens with one attached hydrogen (secondary N) is 1. The fourth-order valence-corrected chi connectivity index (χ4v) is 3.28. The second-order valence-electron chi connectivity index (χ2n) is 7.19. The van der Waals surface area contributed by atoms with Gasteiger partial charge in [0.05, 0.1) is 13.1 Å². The SMILES string of the molecule is Cc1cc(CN(C)CC2CCCC2)oc1CNCC(C)C. The summed E-state index contributed by atoms with van der Waals surface area (Å²) in [5.41, 5.74) is 1.27. The molecule has 0 aliphatic heterocycles. The van der Waals surface area contributed by atoms with Gasteiger partial charge in [0.15, 0.2) is 0 Å². The van der Waals surface area contributed by atoms with Crippen molar-refractivity contribution in [1.82, 2.24) is 10.2 Å². The Bertz CT molecular complexity index is 419. The second kappa shape index (κ2) is 8.00. The molecule has 0 spiro atoms. The molecule has 3 heteroatoms. The van der Waals surface area contributed by atoms with Crippen molar-refractivity contribution in [3.63, 3.8) is 0 Å². The molecule has 1 aromatic heterocycles. The molecule has 0 aromatic carbocycles. The summed E-state index contributed by atoms with van der Waals surface area (Å²) in [6, 6.07) is 2.21. The van der Waals surface area contributed by atoms with Crippen LogP contribution in [0.25, 0.3) is 0 Å². The Hall–Kier alpha value is -0.800. The molecule has 0 unspecified atom stereocenters. The van der Waals surface area contributed by atoms with Crippen molar-refractivity contribution in [3.05, 3.63) is 23.2 Å². The van der Waals surface area contributed by atoms with Gasteiger partial charge in [-0.3, -0.25) is 4.90 Å². The van der Waals surface area contributed by atoms with Crippen molar-refractivity contribution in [2.45, 2.75) is 59.5 Å². The highest BCUT2D eigenvalue weighted by Crippen LogP contribution is 2.26. The van der Waals surface area contributed by atoms with Gasteiger partial charge in [-0.1, -0.05) is 26.7 Å². The van der Waals surface area contributed by atoms with Crippen LogP contribution in [0.4, 0.5) is 0 Å². The maximum absolute atomic E-state index is 6.03. The second-order valence-corrected chi connectivity index (χ2v) is 7.19. The molecule has 1 N–H and O–H groups in total. The molecule has 3 nitrogen and oxygen atoms in total. The summed E-state index contributed by atoms with van der Waals surface area (Å²) in [6.07, 6.45) is 5.66. The first-order valence-electron chi connectivity index (χ1n) is 8.52. The minimum atomic E-state index is 0.678. The highest BCUT2D eigenvalue weighted by molar-refractivity contribution is 5.20. The quantitative estimate of drug-likeness (QED) is 0.786. The molecule has 0 bridgehead atoms. The van der Waals surface area contributed by atoms with Crippen LogP contribution in [0.3, 0.4) is 0 Å². The third-order valence-corrected chi connectivity index (χ3v) is 4.38. The average Bonchev–Trinajstić information content (AvgIpc) is 3.00. The summed E-state index contributed by atoms with van der Waals surface area (Å²) in [4.78, 5) is 2.42. The van der Waals surface area contributed by atoms with Crippen molar-refractivity contribution < 1.29 is 4.42 Å². The topological polar surface area (TPSA) is 28.4 Å². The molecule has 1 aliphatic rings. The van der Waals surface area contributed by atoms with Gasteiger partial charge in [-0.2, -0.15) is 0 Å². The minimum absolute atomic E-state index is 0.678. The number of rotatable bonds is 8. The van der Waals surface area contributed by atoms with E-state index in [1.54, 1.807) is 0 Å². The molecule has 0 radical (unpaired) electrons. The highest BCUT2D eigenvalue weighted by Gasteiger charge is 2.17. The predicted octanol–water partition coefficient (Wildman–Crippen LogP) is 3.96. The first-order valence-corrected chi connectivity index (χ1v) is 8.52. The van der Waals surface area contributed by atoms with Gasteiger partial charge >= 0.3 is 0 Å². The van der Waals surface area contributed by atoms with Crippen LogP contribution >= 0.6 is 0 Å². The lowest BCUT2D eigenvalue weighted by Gasteiger charge is -2.19. The van der Waals surface area contributed by atoms with Gasteiger partial charge in [-0.25, -0.2) is 0 Å². The van der Waals surface area contributed by atoms with E-state index in [-0.39, 0.29) is 0 Å². The number of hydrogen-bond donors (Lipinski definition) is 1. The lowest BCUT2D eigenvalue weighted by atomic mass is 10.1. The smallest absolute Gasteiger partial charge is 0.120 e. The standard InChI is InChI=1S/C18H32N2O/c1-14(2)10-19-11-18-15(3)9-17(21-18)13-20(4)12-16-7-5-6-8-16/h9,14,16,19H,5-8,10-13H2,1-4H3. The summed E-state index contributed by atoms with van der Waals surface area (Å²) in [5, 5.41) is 3.46. The Morgan fingerprint density at radius 1 is 1.33 bits per heavy atom. The van der Waals surface area contributed by atoms with Crippen molar-refractivity contribution in [3.8, 4) is 0 Å². The van der Waals surface area contributed by atoms with Gasteiger partial charge in [-0.15, -0.1) is 0 Å². The largest absolute Gasteiger partial charge is 0.463 e. The first-order chi connectivity index (χ1) is 10.0. The summed E-state index contributed by atoms with van der Waals surface area (Å²) >= 11 is 0. The molecule has 0 atom stereocenters. The Balaban J connectivity index is 1.80. The zero-order chi connectivity index (χ0) is 15.2. The van der Waals surface area contributed by atoms with Gasteiger partial charge in [0.2, 0.25) is 0 Å². The molecule has 0 saturated heterocycles. The van der Waals surface area contributed by atoms with Crippen LogP contribution in [-0.4, -0.2) is 25.0 Å². The molecule has 0 amide bonds. The molecule has 120 valence electrons. The summed E-state index contributed by atoms with van der Waals surface area (Å²) in [7, 11) is 2.22. The molecule has 1 aliphatic carbocycles. The summed E-state index contributed by atoms with van der Waals surface area (Å²) in [5.74, 6) is 3.78. The highest BCUT2D eigenvalue weighted by atomic mass is 16.3. The van der Waals surface area contributed by atoms with Crippen molar-refractivity contribution in [1.29, 1.82) is 0 Å². The molecule has 2 rings (SSSR count). The van der Waals surface area contributed by atoms with E-state index in [2.05, 4.69) is 44.1 Å². The van der Waals surface area contributed by atoms with Gasteiger partial charge < -0.3 is 9.73 Å². The van der Waals surface area contributed by atoms with E-state index >= 15 is 0 Å². The van der Waals surface area contributed by atoms with E-state index < -0.39 is 0 Å². The van der Waals surface area contributed by atoms with Crippen LogP contribution in [0.15, 0.2) is 10.5 Å². The zero-order valence-electron chi connectivity index (χ0n) is 14.2. The monoisotopic (exact) mass is 292 g/mol. The van der Waals surface area contributed by atoms with E-state index in [1.807, 2.05) is 0 Å². The third-order valence-electron chi connectivity index (χ3n) is 4.38. The van der Waals surface area contributed by atoms with Gasteiger partial charge in [0.1, 0.15) is 11.5 Å². The number of furan rings is 1. The molecule has 1 heterocycles. The molecule has 1 aromatic rings. The van der Waals surface area contributed by atoms with E-state index in [0.717, 1.165) is 37.1 Å². The number of aryl methyl sites for hydroxylation is 1. The third kappa shape index (κ3) is 5.48. The molecule has 1 fully saturated rings. The van der Waals surface area contributed by atoms with Gasteiger partial charge in [-0.05, 0) is 56.8 Å². The van der Waals surface area contributed by atoms with Crippen LogP contribution < -0.4 is 5.32 Å². The van der Waals surface area contributed by atoms with E-state index in [9.17, 15) is 0 Å². The van der Waals surface area contributed by atoms with Crippen LogP contribution in [0.1, 0.15) is 56.6 Å². The van der Waals surface area contributed by atoms with Crippen molar-refractivity contribution >= 4 is 0 Å². The Morgan fingerprint density at radius 3 is 2.71 bits per heavy atom. The summed E-state index contributed by atoms with van der Waals surface area (Å²) in [6.45, 7) is 10.6. The van der Waals surface area contributed by atoms with Gasteiger partial charge in [0.25, 0.3) is 0 Å².